The lowest BCUT2D eigenvalue weighted by molar-refractivity contribution is 0.0724. The second-order valence-corrected chi connectivity index (χ2v) is 6.92. The summed E-state index contributed by atoms with van der Waals surface area (Å²) in [6, 6.07) is 11.5. The van der Waals surface area contributed by atoms with Crippen molar-refractivity contribution in [1.82, 2.24) is 9.88 Å². The van der Waals surface area contributed by atoms with Gasteiger partial charge >= 0.3 is 0 Å². The van der Waals surface area contributed by atoms with Crippen LogP contribution in [0.3, 0.4) is 0 Å². The Balaban J connectivity index is 1.36. The van der Waals surface area contributed by atoms with E-state index in [2.05, 4.69) is 4.98 Å². The third-order valence-corrected chi connectivity index (χ3v) is 5.00. The summed E-state index contributed by atoms with van der Waals surface area (Å²) in [4.78, 5) is 19.0. The molecule has 1 aromatic heterocycles. The first-order valence-electron chi connectivity index (χ1n) is 9.42. The Kier molecular flexibility index (Phi) is 5.04. The molecule has 1 saturated heterocycles. The Bertz CT molecular complexity index is 771. The van der Waals surface area contributed by atoms with Gasteiger partial charge in [0.2, 0.25) is 0 Å². The van der Waals surface area contributed by atoms with Crippen molar-refractivity contribution in [3.05, 3.63) is 53.9 Å². The van der Waals surface area contributed by atoms with Crippen LogP contribution in [0.15, 0.2) is 42.6 Å². The SMILES string of the molecule is O=C(c1ccnc(CC[C@H]2COc3ccccc3O2)c1)N1CCCCC1. The predicted octanol–water partition coefficient (Wildman–Crippen LogP) is 3.48. The zero-order valence-corrected chi connectivity index (χ0v) is 14.9. The Labute approximate surface area is 153 Å². The standard InChI is InChI=1S/C21H24N2O3/c24-21(23-12-4-1-5-13-23)16-10-11-22-17(14-16)8-9-18-15-25-19-6-2-3-7-20(19)26-18/h2-3,6-7,10-11,14,18H,1,4-5,8-9,12-13,15H2/t18-/m0/s1. The first-order valence-corrected chi connectivity index (χ1v) is 9.42. The van der Waals surface area contributed by atoms with Crippen LogP contribution < -0.4 is 9.47 Å². The minimum atomic E-state index is 0.00755. The van der Waals surface area contributed by atoms with E-state index in [1.165, 1.54) is 6.42 Å². The number of rotatable bonds is 4. The normalized spacial score (nSPS) is 19.2. The molecule has 1 atom stereocenters. The summed E-state index contributed by atoms with van der Waals surface area (Å²) in [5.41, 5.74) is 1.67. The summed E-state index contributed by atoms with van der Waals surface area (Å²) in [5, 5.41) is 0. The molecule has 2 aliphatic heterocycles. The van der Waals surface area contributed by atoms with E-state index in [4.69, 9.17) is 9.47 Å². The largest absolute Gasteiger partial charge is 0.486 e. The number of likely N-dealkylation sites (tertiary alicyclic amines) is 1. The molecule has 0 aliphatic carbocycles. The van der Waals surface area contributed by atoms with Gasteiger partial charge in [-0.2, -0.15) is 0 Å². The summed E-state index contributed by atoms with van der Waals surface area (Å²) < 4.78 is 11.8. The first-order chi connectivity index (χ1) is 12.8. The number of carbonyl (C=O) groups excluding carboxylic acids is 1. The Hall–Kier alpha value is -2.56. The molecule has 2 aliphatic rings. The fraction of sp³-hybridized carbons (Fsp3) is 0.429. The number of pyridine rings is 1. The van der Waals surface area contributed by atoms with Crippen LogP contribution in [0.4, 0.5) is 0 Å². The summed E-state index contributed by atoms with van der Waals surface area (Å²) in [6.45, 7) is 2.27. The van der Waals surface area contributed by atoms with Gasteiger partial charge in [0.05, 0.1) is 0 Å². The van der Waals surface area contributed by atoms with Gasteiger partial charge in [-0.25, -0.2) is 0 Å². The van der Waals surface area contributed by atoms with E-state index in [0.29, 0.717) is 6.61 Å². The van der Waals surface area contributed by atoms with Crippen LogP contribution in [0.25, 0.3) is 0 Å². The van der Waals surface area contributed by atoms with Crippen molar-refractivity contribution in [3.63, 3.8) is 0 Å². The first kappa shape index (κ1) is 16.9. The van der Waals surface area contributed by atoms with Crippen LogP contribution in [0.2, 0.25) is 0 Å². The van der Waals surface area contributed by atoms with Crippen LogP contribution in [0.1, 0.15) is 41.7 Å². The maximum Gasteiger partial charge on any atom is 0.253 e. The van der Waals surface area contributed by atoms with Gasteiger partial charge < -0.3 is 14.4 Å². The quantitative estimate of drug-likeness (QED) is 0.845. The van der Waals surface area contributed by atoms with E-state index < -0.39 is 0 Å². The van der Waals surface area contributed by atoms with Crippen molar-refractivity contribution in [2.75, 3.05) is 19.7 Å². The molecule has 26 heavy (non-hydrogen) atoms. The molecule has 2 aromatic rings. The third-order valence-electron chi connectivity index (χ3n) is 5.00. The molecule has 0 N–H and O–H groups in total. The number of aryl methyl sites for hydroxylation is 1. The van der Waals surface area contributed by atoms with E-state index in [0.717, 1.165) is 61.5 Å². The Morgan fingerprint density at radius 3 is 2.77 bits per heavy atom. The number of nitrogens with zero attached hydrogens (tertiary/aromatic N) is 2. The maximum atomic E-state index is 12.6. The van der Waals surface area contributed by atoms with Crippen LogP contribution in [0.5, 0.6) is 11.5 Å². The number of para-hydroxylation sites is 2. The molecule has 1 fully saturated rings. The maximum absolute atomic E-state index is 12.6. The number of fused-ring (bicyclic) bond motifs is 1. The molecule has 1 aromatic carbocycles. The number of piperidine rings is 1. The molecule has 1 amide bonds. The van der Waals surface area contributed by atoms with Crippen LogP contribution in [-0.4, -0.2) is 41.6 Å². The average molecular weight is 352 g/mol. The Morgan fingerprint density at radius 1 is 1.12 bits per heavy atom. The van der Waals surface area contributed by atoms with Crippen LogP contribution in [0, 0.1) is 0 Å². The number of benzene rings is 1. The predicted molar refractivity (Wildman–Crippen MR) is 98.7 cm³/mol. The van der Waals surface area contributed by atoms with Gasteiger partial charge in [-0.15, -0.1) is 0 Å². The molecule has 5 nitrogen and oxygen atoms in total. The highest BCUT2D eigenvalue weighted by atomic mass is 16.6. The van der Waals surface area contributed by atoms with Crippen molar-refractivity contribution in [3.8, 4) is 11.5 Å². The summed E-state index contributed by atoms with van der Waals surface area (Å²) in [5.74, 6) is 1.72. The molecule has 0 bridgehead atoms. The van der Waals surface area contributed by atoms with Gasteiger partial charge in [0.15, 0.2) is 11.5 Å². The second kappa shape index (κ2) is 7.77. The average Bonchev–Trinajstić information content (AvgIpc) is 2.72. The van der Waals surface area contributed by atoms with Crippen molar-refractivity contribution in [2.45, 2.75) is 38.2 Å². The number of aromatic nitrogens is 1. The van der Waals surface area contributed by atoms with E-state index >= 15 is 0 Å². The van der Waals surface area contributed by atoms with Crippen molar-refractivity contribution < 1.29 is 14.3 Å². The van der Waals surface area contributed by atoms with Crippen molar-refractivity contribution >= 4 is 5.91 Å². The van der Waals surface area contributed by atoms with Gasteiger partial charge in [-0.05, 0) is 56.4 Å². The molecule has 0 saturated carbocycles. The van der Waals surface area contributed by atoms with Gasteiger partial charge in [0.1, 0.15) is 12.7 Å². The topological polar surface area (TPSA) is 51.7 Å². The fourth-order valence-corrected chi connectivity index (χ4v) is 3.54. The monoisotopic (exact) mass is 352 g/mol. The van der Waals surface area contributed by atoms with Crippen molar-refractivity contribution in [2.24, 2.45) is 0 Å². The van der Waals surface area contributed by atoms with Crippen LogP contribution in [-0.2, 0) is 6.42 Å². The molecule has 5 heteroatoms. The number of hydrogen-bond acceptors (Lipinski definition) is 4. The molecule has 0 radical (unpaired) electrons. The number of ether oxygens (including phenoxy) is 2. The molecule has 3 heterocycles. The number of amides is 1. The smallest absolute Gasteiger partial charge is 0.253 e. The van der Waals surface area contributed by atoms with E-state index in [9.17, 15) is 4.79 Å². The lowest BCUT2D eigenvalue weighted by Crippen LogP contribution is -2.35. The fourth-order valence-electron chi connectivity index (χ4n) is 3.54. The minimum Gasteiger partial charge on any atom is -0.486 e. The zero-order valence-electron chi connectivity index (χ0n) is 14.9. The molecule has 0 spiro atoms. The summed E-state index contributed by atoms with van der Waals surface area (Å²) in [7, 11) is 0. The van der Waals surface area contributed by atoms with E-state index in [1.807, 2.05) is 41.3 Å². The molecule has 136 valence electrons. The van der Waals surface area contributed by atoms with Crippen LogP contribution >= 0.6 is 0 Å². The number of hydrogen-bond donors (Lipinski definition) is 0. The molecule has 0 unspecified atom stereocenters. The minimum absolute atomic E-state index is 0.00755. The van der Waals surface area contributed by atoms with Gasteiger partial charge in [-0.3, -0.25) is 9.78 Å². The third kappa shape index (κ3) is 3.82. The highest BCUT2D eigenvalue weighted by Crippen LogP contribution is 2.31. The second-order valence-electron chi connectivity index (χ2n) is 6.92. The lowest BCUT2D eigenvalue weighted by Gasteiger charge is -2.27. The summed E-state index contributed by atoms with van der Waals surface area (Å²) in [6.07, 6.45) is 6.74. The van der Waals surface area contributed by atoms with Gasteiger partial charge in [0, 0.05) is 30.5 Å². The summed E-state index contributed by atoms with van der Waals surface area (Å²) >= 11 is 0. The van der Waals surface area contributed by atoms with Gasteiger partial charge in [-0.1, -0.05) is 12.1 Å². The highest BCUT2D eigenvalue weighted by molar-refractivity contribution is 5.94. The lowest BCUT2D eigenvalue weighted by atomic mass is 10.1. The van der Waals surface area contributed by atoms with E-state index in [1.54, 1.807) is 6.20 Å². The Morgan fingerprint density at radius 2 is 1.92 bits per heavy atom. The van der Waals surface area contributed by atoms with Gasteiger partial charge in [0.25, 0.3) is 5.91 Å². The highest BCUT2D eigenvalue weighted by Gasteiger charge is 2.21. The molecular formula is C21H24N2O3. The number of carbonyl (C=O) groups is 1. The van der Waals surface area contributed by atoms with E-state index in [-0.39, 0.29) is 12.0 Å². The molecular weight excluding hydrogens is 328 g/mol. The molecule has 4 rings (SSSR count). The zero-order chi connectivity index (χ0) is 17.8. The van der Waals surface area contributed by atoms with Crippen molar-refractivity contribution in [1.29, 1.82) is 0 Å².